The van der Waals surface area contributed by atoms with E-state index in [4.69, 9.17) is 5.73 Å². The highest BCUT2D eigenvalue weighted by Gasteiger charge is 2.31. The van der Waals surface area contributed by atoms with Gasteiger partial charge in [0.05, 0.1) is 11.7 Å². The fourth-order valence-corrected chi connectivity index (χ4v) is 2.11. The summed E-state index contributed by atoms with van der Waals surface area (Å²) in [5.74, 6) is 0. The van der Waals surface area contributed by atoms with E-state index in [1.54, 1.807) is 18.3 Å². The van der Waals surface area contributed by atoms with Gasteiger partial charge in [-0.05, 0) is 46.3 Å². The normalized spacial score (nSPS) is 13.2. The molecule has 3 N–H and O–H groups in total. The maximum atomic E-state index is 12.7. The minimum atomic E-state index is -4.47. The molecular weight excluding hydrogens is 349 g/mol. The fourth-order valence-electron chi connectivity index (χ4n) is 1.87. The number of rotatable bonds is 3. The molecule has 112 valence electrons. The largest absolute Gasteiger partial charge is 0.416 e. The van der Waals surface area contributed by atoms with Crippen LogP contribution in [0.15, 0.2) is 41.0 Å². The van der Waals surface area contributed by atoms with E-state index in [0.29, 0.717) is 5.69 Å². The third-order valence-corrected chi connectivity index (χ3v) is 3.43. The van der Waals surface area contributed by atoms with Crippen molar-refractivity contribution in [2.45, 2.75) is 18.7 Å². The van der Waals surface area contributed by atoms with Crippen LogP contribution in [0.25, 0.3) is 0 Å². The van der Waals surface area contributed by atoms with E-state index in [0.717, 1.165) is 22.7 Å². The number of nitrogens with zero attached hydrogens (tertiary/aromatic N) is 1. The van der Waals surface area contributed by atoms with Crippen molar-refractivity contribution >= 4 is 21.6 Å². The van der Waals surface area contributed by atoms with E-state index >= 15 is 0 Å². The lowest BCUT2D eigenvalue weighted by Gasteiger charge is -2.16. The number of aromatic nitrogens is 1. The second-order valence-electron chi connectivity index (χ2n) is 4.53. The molecule has 0 spiro atoms. The van der Waals surface area contributed by atoms with Crippen LogP contribution in [0.1, 0.15) is 22.9 Å². The van der Waals surface area contributed by atoms with Crippen LogP contribution in [0.2, 0.25) is 0 Å². The first kappa shape index (κ1) is 15.8. The number of halogens is 4. The SMILES string of the molecule is Nc1ccc(C(F)(F)F)cc1C(O)Cc1ccc(Br)cn1. The second-order valence-corrected chi connectivity index (χ2v) is 5.44. The zero-order chi connectivity index (χ0) is 15.6. The molecule has 1 unspecified atom stereocenters. The lowest BCUT2D eigenvalue weighted by Crippen LogP contribution is -2.11. The van der Waals surface area contributed by atoms with Crippen LogP contribution in [0.5, 0.6) is 0 Å². The number of nitrogen functional groups attached to an aromatic ring is 1. The number of alkyl halides is 3. The molecule has 2 aromatic rings. The molecule has 0 amide bonds. The number of pyridine rings is 1. The summed E-state index contributed by atoms with van der Waals surface area (Å²) >= 11 is 3.23. The molecule has 1 aromatic carbocycles. The number of hydrogen-bond acceptors (Lipinski definition) is 3. The van der Waals surface area contributed by atoms with E-state index in [2.05, 4.69) is 20.9 Å². The lowest BCUT2D eigenvalue weighted by atomic mass is 10.00. The molecule has 0 aliphatic heterocycles. The van der Waals surface area contributed by atoms with Crippen LogP contribution in [-0.4, -0.2) is 10.1 Å². The van der Waals surface area contributed by atoms with Crippen LogP contribution >= 0.6 is 15.9 Å². The van der Waals surface area contributed by atoms with Crippen LogP contribution in [0, 0.1) is 0 Å². The van der Waals surface area contributed by atoms with Gasteiger partial charge in [0.2, 0.25) is 0 Å². The first-order valence-electron chi connectivity index (χ1n) is 6.02. The maximum absolute atomic E-state index is 12.7. The average molecular weight is 361 g/mol. The highest BCUT2D eigenvalue weighted by atomic mass is 79.9. The number of aliphatic hydroxyl groups is 1. The van der Waals surface area contributed by atoms with Crippen molar-refractivity contribution < 1.29 is 18.3 Å². The Hall–Kier alpha value is -1.60. The summed E-state index contributed by atoms with van der Waals surface area (Å²) in [5, 5.41) is 10.1. The van der Waals surface area contributed by atoms with Crippen molar-refractivity contribution in [3.63, 3.8) is 0 Å². The summed E-state index contributed by atoms with van der Waals surface area (Å²) in [4.78, 5) is 4.07. The van der Waals surface area contributed by atoms with Gasteiger partial charge in [-0.25, -0.2) is 0 Å². The molecule has 0 aliphatic rings. The molecule has 1 atom stereocenters. The lowest BCUT2D eigenvalue weighted by molar-refractivity contribution is -0.137. The number of benzene rings is 1. The molecule has 1 heterocycles. The topological polar surface area (TPSA) is 59.1 Å². The molecule has 1 aromatic heterocycles. The summed E-state index contributed by atoms with van der Waals surface area (Å²) < 4.78 is 38.9. The summed E-state index contributed by atoms with van der Waals surface area (Å²) in [6.45, 7) is 0. The van der Waals surface area contributed by atoms with Gasteiger partial charge in [-0.3, -0.25) is 4.98 Å². The summed E-state index contributed by atoms with van der Waals surface area (Å²) in [7, 11) is 0. The standard InChI is InChI=1S/C14H12BrF3N2O/c15-9-2-3-10(20-7-9)6-13(21)11-5-8(14(16,17)18)1-4-12(11)19/h1-5,7,13,21H,6,19H2. The predicted molar refractivity (Wildman–Crippen MR) is 76.5 cm³/mol. The van der Waals surface area contributed by atoms with Gasteiger partial charge in [-0.15, -0.1) is 0 Å². The van der Waals surface area contributed by atoms with Crippen molar-refractivity contribution in [3.05, 3.63) is 57.8 Å². The third kappa shape index (κ3) is 3.95. The van der Waals surface area contributed by atoms with E-state index in [-0.39, 0.29) is 17.7 Å². The number of anilines is 1. The number of aliphatic hydroxyl groups excluding tert-OH is 1. The van der Waals surface area contributed by atoms with Crippen molar-refractivity contribution in [2.75, 3.05) is 5.73 Å². The summed E-state index contributed by atoms with van der Waals surface area (Å²) in [5.41, 5.74) is 5.54. The Morgan fingerprint density at radius 1 is 1.24 bits per heavy atom. The highest BCUT2D eigenvalue weighted by molar-refractivity contribution is 9.10. The molecule has 0 saturated carbocycles. The molecule has 0 saturated heterocycles. The fraction of sp³-hybridized carbons (Fsp3) is 0.214. The number of nitrogens with two attached hydrogens (primary N) is 1. The van der Waals surface area contributed by atoms with Gasteiger partial charge in [0.25, 0.3) is 0 Å². The summed E-state index contributed by atoms with van der Waals surface area (Å²) in [6.07, 6.45) is -3.99. The Bertz CT molecular complexity index is 629. The van der Waals surface area contributed by atoms with Crippen molar-refractivity contribution in [1.82, 2.24) is 4.98 Å². The molecule has 3 nitrogen and oxygen atoms in total. The smallest absolute Gasteiger partial charge is 0.398 e. The van der Waals surface area contributed by atoms with Gasteiger partial charge in [-0.2, -0.15) is 13.2 Å². The number of hydrogen-bond donors (Lipinski definition) is 2. The summed E-state index contributed by atoms with van der Waals surface area (Å²) in [6, 6.07) is 6.33. The van der Waals surface area contributed by atoms with E-state index in [9.17, 15) is 18.3 Å². The van der Waals surface area contributed by atoms with E-state index in [1.807, 2.05) is 0 Å². The first-order valence-corrected chi connectivity index (χ1v) is 6.82. The Balaban J connectivity index is 2.26. The van der Waals surface area contributed by atoms with Crippen molar-refractivity contribution in [3.8, 4) is 0 Å². The van der Waals surface area contributed by atoms with Gasteiger partial charge in [0.15, 0.2) is 0 Å². The molecular formula is C14H12BrF3N2O. The Labute approximate surface area is 127 Å². The van der Waals surface area contributed by atoms with Crippen LogP contribution in [0.4, 0.5) is 18.9 Å². The molecule has 21 heavy (non-hydrogen) atoms. The average Bonchev–Trinajstić information content (AvgIpc) is 2.40. The van der Waals surface area contributed by atoms with Gasteiger partial charge < -0.3 is 10.8 Å². The van der Waals surface area contributed by atoms with E-state index in [1.165, 1.54) is 0 Å². The monoisotopic (exact) mass is 360 g/mol. The molecule has 0 bridgehead atoms. The molecule has 2 rings (SSSR count). The van der Waals surface area contributed by atoms with Gasteiger partial charge in [-0.1, -0.05) is 0 Å². The highest BCUT2D eigenvalue weighted by Crippen LogP contribution is 2.33. The zero-order valence-electron chi connectivity index (χ0n) is 10.7. The quantitative estimate of drug-likeness (QED) is 0.820. The minimum absolute atomic E-state index is 0.0505. The minimum Gasteiger partial charge on any atom is -0.398 e. The molecule has 7 heteroatoms. The molecule has 0 fully saturated rings. The van der Waals surface area contributed by atoms with Gasteiger partial charge >= 0.3 is 6.18 Å². The zero-order valence-corrected chi connectivity index (χ0v) is 12.3. The van der Waals surface area contributed by atoms with Crippen LogP contribution in [0.3, 0.4) is 0 Å². The van der Waals surface area contributed by atoms with Gasteiger partial charge in [0.1, 0.15) is 0 Å². The van der Waals surface area contributed by atoms with Crippen LogP contribution < -0.4 is 5.73 Å². The van der Waals surface area contributed by atoms with Gasteiger partial charge in [0, 0.05) is 34.0 Å². The molecule has 0 aliphatic carbocycles. The maximum Gasteiger partial charge on any atom is 0.416 e. The van der Waals surface area contributed by atoms with E-state index < -0.39 is 17.8 Å². The van der Waals surface area contributed by atoms with Crippen molar-refractivity contribution in [1.29, 1.82) is 0 Å². The Kier molecular flexibility index (Phi) is 4.53. The Morgan fingerprint density at radius 2 is 1.95 bits per heavy atom. The van der Waals surface area contributed by atoms with Crippen LogP contribution in [-0.2, 0) is 12.6 Å². The second kappa shape index (κ2) is 6.03. The van der Waals surface area contributed by atoms with Crippen molar-refractivity contribution in [2.24, 2.45) is 0 Å². The predicted octanol–water partition coefficient (Wildman–Crippen LogP) is 3.72. The molecule has 0 radical (unpaired) electrons. The third-order valence-electron chi connectivity index (χ3n) is 2.96. The Morgan fingerprint density at radius 3 is 2.52 bits per heavy atom. The first-order chi connectivity index (χ1) is 9.77.